The van der Waals surface area contributed by atoms with Crippen LogP contribution in [0.4, 0.5) is 10.2 Å². The van der Waals surface area contributed by atoms with Crippen LogP contribution in [-0.4, -0.2) is 34.4 Å². The monoisotopic (exact) mass is 527 g/mol. The predicted molar refractivity (Wildman–Crippen MR) is 143 cm³/mol. The number of aromatic nitrogens is 6. The standard InChI is InChI=1S/C27H19ClFN7O2/c1-14-8-9-31-19-11-16(36(27(38)22(14)19)20-5-3-2-4-18(20)29)12-35-26-23(25(30)32-13-33-26)24(34-35)15-6-7-17(28)21(37)10-15/h2-11,13,37H,12H2,1H3,(H2,30,32,33). The Balaban J connectivity index is 1.62. The van der Waals surface area contributed by atoms with Crippen molar-refractivity contribution in [3.63, 3.8) is 0 Å². The maximum absolute atomic E-state index is 15.0. The number of para-hydroxylation sites is 1. The number of aryl methyl sites for hydroxylation is 1. The SMILES string of the molecule is Cc1ccnc2cc(Cn3nc(-c4ccc(Cl)c(O)c4)c4c(N)ncnc43)n(-c3ccccc3F)c(=O)c12. The molecule has 0 atom stereocenters. The molecular formula is C27H19ClFN7O2. The zero-order chi connectivity index (χ0) is 26.6. The molecular weight excluding hydrogens is 509 g/mol. The fraction of sp³-hybridized carbons (Fsp3) is 0.0741. The molecule has 4 heterocycles. The second kappa shape index (κ2) is 8.93. The Morgan fingerprint density at radius 2 is 1.87 bits per heavy atom. The molecule has 0 amide bonds. The number of aromatic hydroxyl groups is 1. The summed E-state index contributed by atoms with van der Waals surface area (Å²) in [6.07, 6.45) is 2.94. The zero-order valence-electron chi connectivity index (χ0n) is 19.9. The van der Waals surface area contributed by atoms with Crippen molar-refractivity contribution in [2.45, 2.75) is 13.5 Å². The maximum atomic E-state index is 15.0. The molecule has 0 aliphatic heterocycles. The number of fused-ring (bicyclic) bond motifs is 2. The van der Waals surface area contributed by atoms with Crippen molar-refractivity contribution in [1.29, 1.82) is 0 Å². The molecule has 4 aromatic heterocycles. The first-order chi connectivity index (χ1) is 18.3. The van der Waals surface area contributed by atoms with E-state index < -0.39 is 11.4 Å². The van der Waals surface area contributed by atoms with Crippen LogP contribution in [0.1, 0.15) is 11.3 Å². The van der Waals surface area contributed by atoms with Crippen LogP contribution in [0.25, 0.3) is 38.9 Å². The molecule has 0 aliphatic rings. The molecule has 11 heteroatoms. The minimum Gasteiger partial charge on any atom is -0.506 e. The van der Waals surface area contributed by atoms with E-state index in [1.807, 2.05) is 6.92 Å². The highest BCUT2D eigenvalue weighted by Crippen LogP contribution is 2.34. The van der Waals surface area contributed by atoms with Crippen molar-refractivity contribution in [2.75, 3.05) is 5.73 Å². The molecule has 0 bridgehead atoms. The Hall–Kier alpha value is -4.83. The average Bonchev–Trinajstić information content (AvgIpc) is 3.26. The van der Waals surface area contributed by atoms with Crippen molar-refractivity contribution in [1.82, 2.24) is 29.3 Å². The lowest BCUT2D eigenvalue weighted by Crippen LogP contribution is -2.25. The van der Waals surface area contributed by atoms with Gasteiger partial charge in [-0.15, -0.1) is 0 Å². The van der Waals surface area contributed by atoms with E-state index in [2.05, 4.69) is 15.0 Å². The molecule has 2 aromatic carbocycles. The van der Waals surface area contributed by atoms with Gasteiger partial charge in [0.05, 0.1) is 39.2 Å². The first-order valence-electron chi connectivity index (χ1n) is 11.5. The molecule has 38 heavy (non-hydrogen) atoms. The molecule has 0 unspecified atom stereocenters. The second-order valence-electron chi connectivity index (χ2n) is 8.75. The largest absolute Gasteiger partial charge is 0.506 e. The van der Waals surface area contributed by atoms with E-state index in [1.165, 1.54) is 23.0 Å². The zero-order valence-corrected chi connectivity index (χ0v) is 20.7. The van der Waals surface area contributed by atoms with Gasteiger partial charge in [0.2, 0.25) is 0 Å². The molecule has 0 saturated heterocycles. The second-order valence-corrected chi connectivity index (χ2v) is 9.15. The lowest BCUT2D eigenvalue weighted by molar-refractivity contribution is 0.476. The van der Waals surface area contributed by atoms with E-state index in [-0.39, 0.29) is 28.8 Å². The van der Waals surface area contributed by atoms with Gasteiger partial charge in [-0.05, 0) is 48.9 Å². The Morgan fingerprint density at radius 1 is 1.05 bits per heavy atom. The number of nitrogen functional groups attached to an aromatic ring is 1. The molecule has 0 spiro atoms. The summed E-state index contributed by atoms with van der Waals surface area (Å²) in [4.78, 5) is 26.6. The average molecular weight is 528 g/mol. The number of hydrogen-bond donors (Lipinski definition) is 2. The highest BCUT2D eigenvalue weighted by Gasteiger charge is 2.21. The summed E-state index contributed by atoms with van der Waals surface area (Å²) in [5.41, 5.74) is 8.91. The number of halogens is 2. The van der Waals surface area contributed by atoms with Crippen LogP contribution in [0.15, 0.2) is 71.9 Å². The van der Waals surface area contributed by atoms with Gasteiger partial charge in [0.15, 0.2) is 5.65 Å². The van der Waals surface area contributed by atoms with Crippen LogP contribution < -0.4 is 11.3 Å². The number of nitrogens with zero attached hydrogens (tertiary/aromatic N) is 6. The number of hydrogen-bond acceptors (Lipinski definition) is 7. The third-order valence-corrected chi connectivity index (χ3v) is 6.70. The number of benzene rings is 2. The lowest BCUT2D eigenvalue weighted by atomic mass is 10.1. The van der Waals surface area contributed by atoms with Crippen LogP contribution in [0.2, 0.25) is 5.02 Å². The summed E-state index contributed by atoms with van der Waals surface area (Å²) in [6, 6.07) is 14.3. The Labute approximate surface area is 219 Å². The van der Waals surface area contributed by atoms with Crippen molar-refractivity contribution >= 4 is 39.4 Å². The van der Waals surface area contributed by atoms with Gasteiger partial charge in [-0.2, -0.15) is 5.10 Å². The number of anilines is 1. The van der Waals surface area contributed by atoms with Crippen LogP contribution in [0, 0.1) is 12.7 Å². The van der Waals surface area contributed by atoms with Crippen LogP contribution in [0.5, 0.6) is 5.75 Å². The minimum atomic E-state index is -0.550. The molecule has 0 fully saturated rings. The van der Waals surface area contributed by atoms with Gasteiger partial charge >= 0.3 is 0 Å². The van der Waals surface area contributed by atoms with Gasteiger partial charge in [-0.1, -0.05) is 29.8 Å². The van der Waals surface area contributed by atoms with Gasteiger partial charge in [-0.3, -0.25) is 14.3 Å². The summed E-state index contributed by atoms with van der Waals surface area (Å²) in [5.74, 6) is -0.481. The van der Waals surface area contributed by atoms with E-state index in [4.69, 9.17) is 22.4 Å². The Morgan fingerprint density at radius 3 is 2.66 bits per heavy atom. The summed E-state index contributed by atoms with van der Waals surface area (Å²) in [6.45, 7) is 1.84. The molecule has 188 valence electrons. The van der Waals surface area contributed by atoms with Crippen LogP contribution >= 0.6 is 11.6 Å². The van der Waals surface area contributed by atoms with Crippen LogP contribution in [0.3, 0.4) is 0 Å². The highest BCUT2D eigenvalue weighted by molar-refractivity contribution is 6.32. The first-order valence-corrected chi connectivity index (χ1v) is 11.9. The van der Waals surface area contributed by atoms with E-state index in [0.717, 1.165) is 5.56 Å². The van der Waals surface area contributed by atoms with Crippen molar-refractivity contribution in [2.24, 2.45) is 0 Å². The highest BCUT2D eigenvalue weighted by atomic mass is 35.5. The molecule has 9 nitrogen and oxygen atoms in total. The third-order valence-electron chi connectivity index (χ3n) is 6.38. The molecule has 3 N–H and O–H groups in total. The lowest BCUT2D eigenvalue weighted by Gasteiger charge is -2.16. The van der Waals surface area contributed by atoms with Crippen molar-refractivity contribution < 1.29 is 9.50 Å². The maximum Gasteiger partial charge on any atom is 0.265 e. The number of phenolic OH excluding ortho intramolecular Hbond substituents is 1. The summed E-state index contributed by atoms with van der Waals surface area (Å²) in [5, 5.41) is 15.9. The van der Waals surface area contributed by atoms with E-state index >= 15 is 4.39 Å². The van der Waals surface area contributed by atoms with Gasteiger partial charge in [-0.25, -0.2) is 19.0 Å². The molecule has 6 aromatic rings. The first kappa shape index (κ1) is 23.6. The predicted octanol–water partition coefficient (Wildman–Crippen LogP) is 4.63. The van der Waals surface area contributed by atoms with Gasteiger partial charge in [0.1, 0.15) is 29.4 Å². The summed E-state index contributed by atoms with van der Waals surface area (Å²) >= 11 is 6.00. The molecule has 6 rings (SSSR count). The van der Waals surface area contributed by atoms with Gasteiger partial charge in [0, 0.05) is 11.8 Å². The Kier molecular flexibility index (Phi) is 5.54. The quantitative estimate of drug-likeness (QED) is 0.342. The van der Waals surface area contributed by atoms with Crippen LogP contribution in [-0.2, 0) is 6.54 Å². The normalized spacial score (nSPS) is 11.4. The fourth-order valence-electron chi connectivity index (χ4n) is 4.60. The van der Waals surface area contributed by atoms with E-state index in [1.54, 1.807) is 53.3 Å². The third kappa shape index (κ3) is 3.73. The molecule has 0 aliphatic carbocycles. The number of pyridine rings is 2. The van der Waals surface area contributed by atoms with Crippen molar-refractivity contribution in [3.8, 4) is 22.7 Å². The fourth-order valence-corrected chi connectivity index (χ4v) is 4.72. The molecule has 0 saturated carbocycles. The van der Waals surface area contributed by atoms with Crippen molar-refractivity contribution in [3.05, 3.63) is 99.6 Å². The number of phenols is 1. The number of nitrogens with two attached hydrogens (primary N) is 1. The smallest absolute Gasteiger partial charge is 0.265 e. The van der Waals surface area contributed by atoms with E-state index in [9.17, 15) is 9.90 Å². The minimum absolute atomic E-state index is 0.0294. The topological polar surface area (TPSA) is 125 Å². The summed E-state index contributed by atoms with van der Waals surface area (Å²) in [7, 11) is 0. The Bertz CT molecular complexity index is 1950. The molecule has 0 radical (unpaired) electrons. The summed E-state index contributed by atoms with van der Waals surface area (Å²) < 4.78 is 17.9. The van der Waals surface area contributed by atoms with E-state index in [0.29, 0.717) is 38.9 Å². The van der Waals surface area contributed by atoms with Gasteiger partial charge < -0.3 is 10.8 Å². The number of rotatable bonds is 4. The van der Waals surface area contributed by atoms with Gasteiger partial charge in [0.25, 0.3) is 5.56 Å².